The van der Waals surface area contributed by atoms with E-state index in [1.807, 2.05) is 12.1 Å². The van der Waals surface area contributed by atoms with Crippen LogP contribution in [0.4, 0.5) is 0 Å². The molecular formula is C11H14Cl2. The summed E-state index contributed by atoms with van der Waals surface area (Å²) in [6.07, 6.45) is 0. The van der Waals surface area contributed by atoms with Crippen molar-refractivity contribution >= 4 is 23.2 Å². The average Bonchev–Trinajstić information content (AvgIpc) is 2.03. The Labute approximate surface area is 89.9 Å². The van der Waals surface area contributed by atoms with Gasteiger partial charge in [-0.15, -0.1) is 0 Å². The van der Waals surface area contributed by atoms with Crippen LogP contribution < -0.4 is 0 Å². The highest BCUT2D eigenvalue weighted by Crippen LogP contribution is 2.31. The quantitative estimate of drug-likeness (QED) is 0.670. The van der Waals surface area contributed by atoms with Crippen LogP contribution >= 0.6 is 23.2 Å². The molecule has 0 saturated heterocycles. The van der Waals surface area contributed by atoms with Crippen LogP contribution in [0.3, 0.4) is 0 Å². The molecule has 1 atom stereocenters. The summed E-state index contributed by atoms with van der Waals surface area (Å²) in [6.45, 7) is 6.56. The minimum absolute atomic E-state index is 0.477. The minimum atomic E-state index is 0.477. The molecule has 1 aromatic rings. The Morgan fingerprint density at radius 3 is 2.15 bits per heavy atom. The van der Waals surface area contributed by atoms with Gasteiger partial charge < -0.3 is 0 Å². The molecule has 0 N–H and O–H groups in total. The van der Waals surface area contributed by atoms with Crippen LogP contribution in [0.2, 0.25) is 10.0 Å². The number of halogens is 2. The molecule has 0 saturated carbocycles. The number of hydrogen-bond donors (Lipinski definition) is 0. The average molecular weight is 217 g/mol. The molecule has 0 heterocycles. The van der Waals surface area contributed by atoms with Gasteiger partial charge in [0.05, 0.1) is 0 Å². The predicted molar refractivity (Wildman–Crippen MR) is 59.7 cm³/mol. The van der Waals surface area contributed by atoms with Crippen molar-refractivity contribution in [3.8, 4) is 0 Å². The Morgan fingerprint density at radius 1 is 1.08 bits per heavy atom. The Kier molecular flexibility index (Phi) is 3.63. The smallest absolute Gasteiger partial charge is 0.0455 e. The first-order chi connectivity index (χ1) is 6.02. The van der Waals surface area contributed by atoms with E-state index in [0.717, 1.165) is 5.02 Å². The minimum Gasteiger partial charge on any atom is -0.0843 e. The summed E-state index contributed by atoms with van der Waals surface area (Å²) in [5.74, 6) is 1.07. The SMILES string of the molecule is CC(C)C(C)c1ccc(Cl)cc1Cl. The fraction of sp³-hybridized carbons (Fsp3) is 0.455. The molecule has 0 spiro atoms. The fourth-order valence-electron chi connectivity index (χ4n) is 1.23. The molecule has 1 aromatic carbocycles. The second-order valence-corrected chi connectivity index (χ2v) is 4.54. The molecule has 0 aliphatic carbocycles. The van der Waals surface area contributed by atoms with Crippen molar-refractivity contribution in [1.29, 1.82) is 0 Å². The van der Waals surface area contributed by atoms with Gasteiger partial charge in [-0.3, -0.25) is 0 Å². The molecule has 1 unspecified atom stereocenters. The zero-order chi connectivity index (χ0) is 10.0. The van der Waals surface area contributed by atoms with Crippen LogP contribution in [-0.4, -0.2) is 0 Å². The van der Waals surface area contributed by atoms with Gasteiger partial charge in [-0.1, -0.05) is 50.0 Å². The maximum atomic E-state index is 6.08. The van der Waals surface area contributed by atoms with Crippen molar-refractivity contribution < 1.29 is 0 Å². The Morgan fingerprint density at radius 2 is 1.69 bits per heavy atom. The molecule has 0 aromatic heterocycles. The van der Waals surface area contributed by atoms with E-state index in [0.29, 0.717) is 16.9 Å². The van der Waals surface area contributed by atoms with Crippen LogP contribution in [0.5, 0.6) is 0 Å². The molecule has 0 radical (unpaired) electrons. The summed E-state index contributed by atoms with van der Waals surface area (Å²) in [4.78, 5) is 0. The molecule has 0 aliphatic rings. The predicted octanol–water partition coefficient (Wildman–Crippen LogP) is 4.75. The lowest BCUT2D eigenvalue weighted by Gasteiger charge is -2.17. The number of hydrogen-bond acceptors (Lipinski definition) is 0. The van der Waals surface area contributed by atoms with Crippen LogP contribution in [0.1, 0.15) is 32.3 Å². The molecule has 0 amide bonds. The summed E-state index contributed by atoms with van der Waals surface area (Å²) >= 11 is 11.9. The van der Waals surface area contributed by atoms with Gasteiger partial charge in [0, 0.05) is 10.0 Å². The zero-order valence-corrected chi connectivity index (χ0v) is 9.65. The van der Waals surface area contributed by atoms with E-state index in [1.54, 1.807) is 6.07 Å². The molecule has 0 bridgehead atoms. The van der Waals surface area contributed by atoms with Gasteiger partial charge in [0.25, 0.3) is 0 Å². The molecule has 1 rings (SSSR count). The third-order valence-corrected chi connectivity index (χ3v) is 3.02. The summed E-state index contributed by atoms with van der Waals surface area (Å²) in [7, 11) is 0. The highest BCUT2D eigenvalue weighted by molar-refractivity contribution is 6.35. The molecule has 2 heteroatoms. The van der Waals surface area contributed by atoms with Gasteiger partial charge in [0.1, 0.15) is 0 Å². The van der Waals surface area contributed by atoms with Gasteiger partial charge in [-0.25, -0.2) is 0 Å². The van der Waals surface area contributed by atoms with E-state index in [4.69, 9.17) is 23.2 Å². The topological polar surface area (TPSA) is 0 Å². The van der Waals surface area contributed by atoms with E-state index in [1.165, 1.54) is 5.56 Å². The Bertz CT molecular complexity index is 292. The van der Waals surface area contributed by atoms with Gasteiger partial charge in [-0.05, 0) is 29.5 Å². The van der Waals surface area contributed by atoms with Crippen molar-refractivity contribution in [3.05, 3.63) is 33.8 Å². The third kappa shape index (κ3) is 2.62. The lowest BCUT2D eigenvalue weighted by Crippen LogP contribution is -2.02. The lowest BCUT2D eigenvalue weighted by atomic mass is 9.90. The first kappa shape index (κ1) is 10.9. The fourth-order valence-corrected chi connectivity index (χ4v) is 1.81. The summed E-state index contributed by atoms with van der Waals surface area (Å²) in [5.41, 5.74) is 1.18. The van der Waals surface area contributed by atoms with Crippen molar-refractivity contribution in [1.82, 2.24) is 0 Å². The van der Waals surface area contributed by atoms with Crippen LogP contribution in [0, 0.1) is 5.92 Å². The third-order valence-electron chi connectivity index (χ3n) is 2.45. The van der Waals surface area contributed by atoms with Crippen LogP contribution in [0.25, 0.3) is 0 Å². The first-order valence-electron chi connectivity index (χ1n) is 4.47. The summed E-state index contributed by atoms with van der Waals surface area (Å²) in [5, 5.41) is 1.47. The van der Waals surface area contributed by atoms with Gasteiger partial charge >= 0.3 is 0 Å². The standard InChI is InChI=1S/C11H14Cl2/c1-7(2)8(3)10-5-4-9(12)6-11(10)13/h4-8H,1-3H3. The van der Waals surface area contributed by atoms with E-state index >= 15 is 0 Å². The van der Waals surface area contributed by atoms with Crippen molar-refractivity contribution in [2.75, 3.05) is 0 Å². The van der Waals surface area contributed by atoms with Gasteiger partial charge in [0.15, 0.2) is 0 Å². The second-order valence-electron chi connectivity index (χ2n) is 3.70. The Balaban J connectivity index is 3.01. The summed E-state index contributed by atoms with van der Waals surface area (Å²) in [6, 6.07) is 5.70. The molecule has 0 aliphatic heterocycles. The van der Waals surface area contributed by atoms with E-state index in [-0.39, 0.29) is 0 Å². The van der Waals surface area contributed by atoms with E-state index < -0.39 is 0 Å². The largest absolute Gasteiger partial charge is 0.0843 e. The van der Waals surface area contributed by atoms with Gasteiger partial charge in [-0.2, -0.15) is 0 Å². The number of rotatable bonds is 2. The van der Waals surface area contributed by atoms with Gasteiger partial charge in [0.2, 0.25) is 0 Å². The maximum absolute atomic E-state index is 6.08. The highest BCUT2D eigenvalue weighted by Gasteiger charge is 2.12. The Hall–Kier alpha value is -0.200. The van der Waals surface area contributed by atoms with Crippen molar-refractivity contribution in [2.24, 2.45) is 5.92 Å². The molecular weight excluding hydrogens is 203 g/mol. The molecule has 13 heavy (non-hydrogen) atoms. The van der Waals surface area contributed by atoms with Crippen LogP contribution in [0.15, 0.2) is 18.2 Å². The van der Waals surface area contributed by atoms with Crippen molar-refractivity contribution in [2.45, 2.75) is 26.7 Å². The first-order valence-corrected chi connectivity index (χ1v) is 5.23. The van der Waals surface area contributed by atoms with Crippen LogP contribution in [-0.2, 0) is 0 Å². The maximum Gasteiger partial charge on any atom is 0.0455 e. The summed E-state index contributed by atoms with van der Waals surface area (Å²) < 4.78 is 0. The molecule has 0 fully saturated rings. The number of benzene rings is 1. The zero-order valence-electron chi connectivity index (χ0n) is 8.14. The van der Waals surface area contributed by atoms with Crippen molar-refractivity contribution in [3.63, 3.8) is 0 Å². The van der Waals surface area contributed by atoms with E-state index in [9.17, 15) is 0 Å². The lowest BCUT2D eigenvalue weighted by molar-refractivity contribution is 0.535. The molecule has 0 nitrogen and oxygen atoms in total. The monoisotopic (exact) mass is 216 g/mol. The normalized spacial score (nSPS) is 13.4. The second kappa shape index (κ2) is 4.34. The van der Waals surface area contributed by atoms with E-state index in [2.05, 4.69) is 20.8 Å². The highest BCUT2D eigenvalue weighted by atomic mass is 35.5. The molecule has 72 valence electrons.